The van der Waals surface area contributed by atoms with Gasteiger partial charge in [0.15, 0.2) is 0 Å². The first-order valence-corrected chi connectivity index (χ1v) is 5.81. The molecule has 1 rings (SSSR count). The van der Waals surface area contributed by atoms with Crippen molar-refractivity contribution in [2.45, 2.75) is 13.0 Å². The average molecular weight is 255 g/mol. The molecule has 1 aromatic rings. The molecule has 0 heterocycles. The Morgan fingerprint density at radius 1 is 1.29 bits per heavy atom. The van der Waals surface area contributed by atoms with Gasteiger partial charge in [0.05, 0.1) is 0 Å². The van der Waals surface area contributed by atoms with Gasteiger partial charge in [-0.1, -0.05) is 30.3 Å². The third kappa shape index (κ3) is 4.87. The van der Waals surface area contributed by atoms with E-state index in [2.05, 4.69) is 5.32 Å². The van der Waals surface area contributed by atoms with Gasteiger partial charge in [-0.05, 0) is 5.56 Å². The van der Waals surface area contributed by atoms with Crippen LogP contribution in [-0.2, 0) is 11.3 Å². The normalized spacial score (nSPS) is 9.76. The van der Waals surface area contributed by atoms with Gasteiger partial charge in [0, 0.05) is 25.9 Å². The molecule has 17 heavy (non-hydrogen) atoms. The summed E-state index contributed by atoms with van der Waals surface area (Å²) in [4.78, 5) is 24.2. The first-order chi connectivity index (χ1) is 8.13. The lowest BCUT2D eigenvalue weighted by Crippen LogP contribution is -2.40. The topological polar surface area (TPSA) is 49.4 Å². The van der Waals surface area contributed by atoms with Crippen molar-refractivity contribution >= 4 is 23.5 Å². The van der Waals surface area contributed by atoms with Crippen molar-refractivity contribution in [1.82, 2.24) is 10.2 Å². The molecular weight excluding hydrogens is 240 g/mol. The maximum Gasteiger partial charge on any atom is 0.324 e. The number of carbonyl (C=O) groups excluding carboxylic acids is 2. The van der Waals surface area contributed by atoms with E-state index in [9.17, 15) is 9.59 Å². The van der Waals surface area contributed by atoms with Crippen molar-refractivity contribution in [2.75, 3.05) is 12.9 Å². The molecule has 1 aromatic carbocycles. The minimum Gasteiger partial charge on any atom is -0.323 e. The highest BCUT2D eigenvalue weighted by Gasteiger charge is 2.11. The van der Waals surface area contributed by atoms with E-state index in [4.69, 9.17) is 11.6 Å². The molecule has 0 unspecified atom stereocenters. The summed E-state index contributed by atoms with van der Waals surface area (Å²) in [6, 6.07) is 9.14. The molecule has 0 saturated heterocycles. The largest absolute Gasteiger partial charge is 0.324 e. The maximum absolute atomic E-state index is 11.6. The Morgan fingerprint density at radius 2 is 1.94 bits per heavy atom. The fraction of sp³-hybridized carbons (Fsp3) is 0.333. The number of nitrogens with one attached hydrogen (secondary N) is 1. The van der Waals surface area contributed by atoms with Crippen molar-refractivity contribution in [3.8, 4) is 0 Å². The van der Waals surface area contributed by atoms with Crippen LogP contribution in [0.4, 0.5) is 4.79 Å². The summed E-state index contributed by atoms with van der Waals surface area (Å²) in [6.07, 6.45) is 0.145. The zero-order valence-electron chi connectivity index (χ0n) is 9.65. The molecule has 0 saturated carbocycles. The van der Waals surface area contributed by atoms with Crippen LogP contribution in [0.15, 0.2) is 30.3 Å². The van der Waals surface area contributed by atoms with Gasteiger partial charge < -0.3 is 4.90 Å². The van der Waals surface area contributed by atoms with Gasteiger partial charge in [-0.25, -0.2) is 4.79 Å². The Labute approximate surface area is 106 Å². The molecule has 3 amide bonds. The Morgan fingerprint density at radius 3 is 2.53 bits per heavy atom. The van der Waals surface area contributed by atoms with Crippen molar-refractivity contribution in [1.29, 1.82) is 0 Å². The monoisotopic (exact) mass is 254 g/mol. The lowest BCUT2D eigenvalue weighted by atomic mass is 10.2. The lowest BCUT2D eigenvalue weighted by molar-refractivity contribution is -0.119. The molecular formula is C12H15ClN2O2. The van der Waals surface area contributed by atoms with Crippen LogP contribution in [0.2, 0.25) is 0 Å². The highest BCUT2D eigenvalue weighted by Crippen LogP contribution is 2.02. The van der Waals surface area contributed by atoms with Gasteiger partial charge in [-0.15, -0.1) is 11.6 Å². The molecule has 4 nitrogen and oxygen atoms in total. The molecule has 1 N–H and O–H groups in total. The molecule has 0 atom stereocenters. The number of rotatable bonds is 4. The molecule has 0 fully saturated rings. The highest BCUT2D eigenvalue weighted by molar-refractivity contribution is 6.19. The molecule has 0 aromatic heterocycles. The molecule has 92 valence electrons. The predicted octanol–water partition coefficient (Wildman–Crippen LogP) is 1.98. The second-order valence-corrected chi connectivity index (χ2v) is 4.01. The number of carbonyl (C=O) groups is 2. The van der Waals surface area contributed by atoms with Crippen molar-refractivity contribution in [3.05, 3.63) is 35.9 Å². The third-order valence-electron chi connectivity index (χ3n) is 2.18. The van der Waals surface area contributed by atoms with Crippen LogP contribution in [0.3, 0.4) is 0 Å². The van der Waals surface area contributed by atoms with Gasteiger partial charge in [0.25, 0.3) is 0 Å². The molecule has 5 heteroatoms. The Kier molecular flexibility index (Phi) is 5.49. The van der Waals surface area contributed by atoms with Crippen LogP contribution in [0.5, 0.6) is 0 Å². The minimum atomic E-state index is -0.413. The number of hydrogen-bond acceptors (Lipinski definition) is 2. The highest BCUT2D eigenvalue weighted by atomic mass is 35.5. The summed E-state index contributed by atoms with van der Waals surface area (Å²) in [5, 5.41) is 2.26. The Bertz CT molecular complexity index is 381. The van der Waals surface area contributed by atoms with E-state index in [0.717, 1.165) is 5.56 Å². The van der Waals surface area contributed by atoms with E-state index < -0.39 is 6.03 Å². The molecule has 0 bridgehead atoms. The standard InChI is InChI=1S/C12H15ClN2O2/c1-15(9-10-5-3-2-4-6-10)12(17)14-11(16)7-8-13/h2-6H,7-9H2,1H3,(H,14,16,17). The number of alkyl halides is 1. The average Bonchev–Trinajstić information content (AvgIpc) is 2.30. The number of hydrogen-bond donors (Lipinski definition) is 1. The van der Waals surface area contributed by atoms with Crippen LogP contribution in [0.25, 0.3) is 0 Å². The van der Waals surface area contributed by atoms with Crippen LogP contribution in [0.1, 0.15) is 12.0 Å². The Balaban J connectivity index is 2.45. The van der Waals surface area contributed by atoms with Gasteiger partial charge in [0.1, 0.15) is 0 Å². The van der Waals surface area contributed by atoms with E-state index >= 15 is 0 Å². The minimum absolute atomic E-state index is 0.145. The number of imide groups is 1. The van der Waals surface area contributed by atoms with E-state index in [1.165, 1.54) is 4.90 Å². The third-order valence-corrected chi connectivity index (χ3v) is 2.37. The lowest BCUT2D eigenvalue weighted by Gasteiger charge is -2.17. The summed E-state index contributed by atoms with van der Waals surface area (Å²) in [6.45, 7) is 0.459. The first kappa shape index (κ1) is 13.5. The van der Waals surface area contributed by atoms with E-state index in [1.54, 1.807) is 7.05 Å². The molecule has 0 aliphatic rings. The summed E-state index contributed by atoms with van der Waals surface area (Å²) in [5.74, 6) is -0.147. The summed E-state index contributed by atoms with van der Waals surface area (Å²) >= 11 is 5.40. The zero-order chi connectivity index (χ0) is 12.7. The zero-order valence-corrected chi connectivity index (χ0v) is 10.4. The van der Waals surface area contributed by atoms with Crippen molar-refractivity contribution < 1.29 is 9.59 Å². The smallest absolute Gasteiger partial charge is 0.323 e. The number of halogens is 1. The summed E-state index contributed by atoms with van der Waals surface area (Å²) in [7, 11) is 1.64. The van der Waals surface area contributed by atoms with Gasteiger partial charge >= 0.3 is 6.03 Å². The first-order valence-electron chi connectivity index (χ1n) is 5.28. The van der Waals surface area contributed by atoms with E-state index in [-0.39, 0.29) is 18.2 Å². The van der Waals surface area contributed by atoms with Crippen LogP contribution >= 0.6 is 11.6 Å². The number of urea groups is 1. The van der Waals surface area contributed by atoms with Crippen molar-refractivity contribution in [3.63, 3.8) is 0 Å². The van der Waals surface area contributed by atoms with Crippen LogP contribution in [-0.4, -0.2) is 29.8 Å². The van der Waals surface area contributed by atoms with Gasteiger partial charge in [-0.3, -0.25) is 10.1 Å². The maximum atomic E-state index is 11.6. The molecule has 0 spiro atoms. The fourth-order valence-electron chi connectivity index (χ4n) is 1.29. The quantitative estimate of drug-likeness (QED) is 0.836. The number of amides is 3. The molecule has 0 aliphatic heterocycles. The Hall–Kier alpha value is -1.55. The number of nitrogens with zero attached hydrogens (tertiary/aromatic N) is 1. The van der Waals surface area contributed by atoms with Crippen molar-refractivity contribution in [2.24, 2.45) is 0 Å². The van der Waals surface area contributed by atoms with E-state index in [0.29, 0.717) is 6.54 Å². The number of benzene rings is 1. The van der Waals surface area contributed by atoms with Gasteiger partial charge in [-0.2, -0.15) is 0 Å². The van der Waals surface area contributed by atoms with Gasteiger partial charge in [0.2, 0.25) is 5.91 Å². The second-order valence-electron chi connectivity index (χ2n) is 3.63. The SMILES string of the molecule is CN(Cc1ccccc1)C(=O)NC(=O)CCCl. The fourth-order valence-corrected chi connectivity index (χ4v) is 1.46. The van der Waals surface area contributed by atoms with E-state index in [1.807, 2.05) is 30.3 Å². The predicted molar refractivity (Wildman–Crippen MR) is 66.8 cm³/mol. The van der Waals surface area contributed by atoms with Crippen LogP contribution < -0.4 is 5.32 Å². The summed E-state index contributed by atoms with van der Waals surface area (Å²) in [5.41, 5.74) is 1.01. The molecule has 0 radical (unpaired) electrons. The van der Waals surface area contributed by atoms with Crippen LogP contribution in [0, 0.1) is 0 Å². The second kappa shape index (κ2) is 6.91. The summed E-state index contributed by atoms with van der Waals surface area (Å²) < 4.78 is 0. The molecule has 0 aliphatic carbocycles.